The first-order valence-corrected chi connectivity index (χ1v) is 17.8. The number of aromatic nitrogens is 3. The third kappa shape index (κ3) is 5.26. The molecule has 7 rings (SSSR count). The smallest absolute Gasteiger partial charge is 0.163 e. The van der Waals surface area contributed by atoms with Gasteiger partial charge in [-0.25, -0.2) is 0 Å². The normalized spacial score (nSPS) is 41.6. The molecule has 1 saturated heterocycles. The molecule has 2 unspecified atom stereocenters. The number of ether oxygens (including phenoxy) is 7. The lowest BCUT2D eigenvalue weighted by Crippen LogP contribution is -2.78. The van der Waals surface area contributed by atoms with Crippen molar-refractivity contribution in [2.45, 2.75) is 108 Å². The third-order valence-corrected chi connectivity index (χ3v) is 13.2. The largest absolute Gasteiger partial charge is 0.497 e. The van der Waals surface area contributed by atoms with Crippen LogP contribution in [0.3, 0.4) is 0 Å². The summed E-state index contributed by atoms with van der Waals surface area (Å²) in [7, 11) is 5.04. The van der Waals surface area contributed by atoms with Crippen LogP contribution in [0.2, 0.25) is 0 Å². The maximum absolute atomic E-state index is 12.8. The van der Waals surface area contributed by atoms with Gasteiger partial charge >= 0.3 is 0 Å². The molecule has 2 aromatic rings. The Morgan fingerprint density at radius 3 is 2.50 bits per heavy atom. The lowest BCUT2D eigenvalue weighted by Gasteiger charge is -2.71. The minimum Gasteiger partial charge on any atom is -0.497 e. The van der Waals surface area contributed by atoms with Gasteiger partial charge in [0.15, 0.2) is 5.79 Å². The summed E-state index contributed by atoms with van der Waals surface area (Å²) in [4.78, 5) is 0. The lowest BCUT2D eigenvalue weighted by atomic mass is 9.39. The predicted molar refractivity (Wildman–Crippen MR) is 177 cm³/mol. The molecule has 11 heteroatoms. The van der Waals surface area contributed by atoms with Gasteiger partial charge in [0.05, 0.1) is 48.7 Å². The second-order valence-corrected chi connectivity index (χ2v) is 16.0. The highest BCUT2D eigenvalue weighted by molar-refractivity contribution is 5.58. The Morgan fingerprint density at radius 1 is 1.00 bits per heavy atom. The van der Waals surface area contributed by atoms with E-state index in [-0.39, 0.29) is 49.0 Å². The van der Waals surface area contributed by atoms with Gasteiger partial charge in [-0.05, 0) is 101 Å². The molecule has 5 aliphatic rings. The summed E-state index contributed by atoms with van der Waals surface area (Å²) in [6.07, 6.45) is 7.39. The second-order valence-electron chi connectivity index (χ2n) is 16.0. The molecule has 0 bridgehead atoms. The van der Waals surface area contributed by atoms with Crippen molar-refractivity contribution in [3.05, 3.63) is 30.5 Å². The molecule has 5 fully saturated rings. The molecule has 1 spiro atoms. The molecule has 48 heavy (non-hydrogen) atoms. The molecule has 1 aliphatic heterocycles. The zero-order chi connectivity index (χ0) is 34.0. The molecule has 0 radical (unpaired) electrons. The summed E-state index contributed by atoms with van der Waals surface area (Å²) >= 11 is 0. The Hall–Kier alpha value is -2.12. The van der Waals surface area contributed by atoms with Crippen LogP contribution in [0, 0.1) is 34.5 Å². The summed E-state index contributed by atoms with van der Waals surface area (Å²) in [6.45, 7) is 10.1. The summed E-state index contributed by atoms with van der Waals surface area (Å²) in [5.74, 6) is 0.699. The Bertz CT molecular complexity index is 1440. The predicted octanol–water partition coefficient (Wildman–Crippen LogP) is 5.45. The molecule has 1 aromatic heterocycles. The highest BCUT2D eigenvalue weighted by atomic mass is 16.7. The Labute approximate surface area is 284 Å². The molecule has 0 amide bonds. The number of methoxy groups -OCH3 is 3. The SMILES string of the molecule is COCO[C@@H]1C[C@]2(C)[C@@H](Cn3cc(-c4ccc(OC)cc4)nn3)CC[C@]2(OCOC)C2CC[C@]3(O)C[C@@H](C)C[C@H]4OC(C)(C)OC[C@]43C21. The summed E-state index contributed by atoms with van der Waals surface area (Å²) in [5.41, 5.74) is -0.530. The third-order valence-electron chi connectivity index (χ3n) is 13.2. The van der Waals surface area contributed by atoms with Gasteiger partial charge < -0.3 is 38.3 Å². The van der Waals surface area contributed by atoms with Crippen molar-refractivity contribution in [3.8, 4) is 17.0 Å². The topological polar surface area (TPSA) is 116 Å². The quantitative estimate of drug-likeness (QED) is 0.328. The minimum absolute atomic E-state index is 0.0586. The van der Waals surface area contributed by atoms with Crippen molar-refractivity contribution in [2.24, 2.45) is 34.5 Å². The van der Waals surface area contributed by atoms with E-state index in [0.717, 1.165) is 55.5 Å². The number of hydrogen-bond donors (Lipinski definition) is 1. The summed E-state index contributed by atoms with van der Waals surface area (Å²) in [6, 6.07) is 7.90. The molecular formula is C37H55N3O8. The van der Waals surface area contributed by atoms with Gasteiger partial charge in [-0.2, -0.15) is 0 Å². The zero-order valence-corrected chi connectivity index (χ0v) is 29.8. The van der Waals surface area contributed by atoms with Crippen LogP contribution in [0.1, 0.15) is 72.6 Å². The fourth-order valence-corrected chi connectivity index (χ4v) is 11.2. The van der Waals surface area contributed by atoms with Gasteiger partial charge in [0.1, 0.15) is 25.0 Å². The van der Waals surface area contributed by atoms with Gasteiger partial charge in [-0.15, -0.1) is 5.10 Å². The number of fused-ring (bicyclic) bond motifs is 3. The van der Waals surface area contributed by atoms with Crippen molar-refractivity contribution in [1.82, 2.24) is 15.0 Å². The number of aliphatic hydroxyl groups is 1. The number of benzene rings is 1. The fourth-order valence-electron chi connectivity index (χ4n) is 11.2. The lowest BCUT2D eigenvalue weighted by molar-refractivity contribution is -0.405. The highest BCUT2D eigenvalue weighted by Gasteiger charge is 2.77. The van der Waals surface area contributed by atoms with E-state index in [0.29, 0.717) is 25.5 Å². The van der Waals surface area contributed by atoms with Gasteiger partial charge in [-0.3, -0.25) is 4.68 Å². The Balaban J connectivity index is 1.27. The molecule has 1 N–H and O–H groups in total. The number of rotatable bonds is 10. The maximum Gasteiger partial charge on any atom is 0.163 e. The molecule has 10 atom stereocenters. The minimum atomic E-state index is -0.936. The maximum atomic E-state index is 12.8. The molecule has 4 aliphatic carbocycles. The molecule has 1 aromatic carbocycles. The first kappa shape index (κ1) is 34.3. The fraction of sp³-hybridized carbons (Fsp3) is 0.784. The Morgan fingerprint density at radius 2 is 1.77 bits per heavy atom. The van der Waals surface area contributed by atoms with Crippen LogP contribution in [0.5, 0.6) is 5.75 Å². The summed E-state index contributed by atoms with van der Waals surface area (Å²) < 4.78 is 45.7. The molecule has 2 heterocycles. The van der Waals surface area contributed by atoms with Crippen LogP contribution >= 0.6 is 0 Å². The van der Waals surface area contributed by atoms with Crippen molar-refractivity contribution in [3.63, 3.8) is 0 Å². The molecule has 266 valence electrons. The van der Waals surface area contributed by atoms with Gasteiger partial charge in [0, 0.05) is 37.7 Å². The van der Waals surface area contributed by atoms with Crippen molar-refractivity contribution in [2.75, 3.05) is 41.5 Å². The second kappa shape index (κ2) is 12.6. The van der Waals surface area contributed by atoms with Gasteiger partial charge in [-0.1, -0.05) is 19.1 Å². The van der Waals surface area contributed by atoms with E-state index in [1.165, 1.54) is 0 Å². The van der Waals surface area contributed by atoms with E-state index in [1.54, 1.807) is 21.3 Å². The highest BCUT2D eigenvalue weighted by Crippen LogP contribution is 2.72. The van der Waals surface area contributed by atoms with E-state index < -0.39 is 22.4 Å². The van der Waals surface area contributed by atoms with E-state index >= 15 is 0 Å². The van der Waals surface area contributed by atoms with Crippen LogP contribution in [-0.2, 0) is 35.0 Å². The van der Waals surface area contributed by atoms with Crippen LogP contribution in [0.25, 0.3) is 11.3 Å². The van der Waals surface area contributed by atoms with E-state index in [1.807, 2.05) is 49.0 Å². The van der Waals surface area contributed by atoms with Crippen molar-refractivity contribution >= 4 is 0 Å². The van der Waals surface area contributed by atoms with E-state index in [9.17, 15) is 5.11 Å². The van der Waals surface area contributed by atoms with Crippen molar-refractivity contribution < 1.29 is 38.3 Å². The van der Waals surface area contributed by atoms with E-state index in [4.69, 9.17) is 33.2 Å². The molecule has 4 saturated carbocycles. The number of nitrogens with zero attached hydrogens (tertiary/aromatic N) is 3. The van der Waals surface area contributed by atoms with Crippen molar-refractivity contribution in [1.29, 1.82) is 0 Å². The number of hydrogen-bond acceptors (Lipinski definition) is 10. The zero-order valence-electron chi connectivity index (χ0n) is 29.8. The standard InChI is InChI=1S/C37H55N3O8/c1-24-16-31-36(21-46-33(2,3)48-31)32-28(13-14-35(36,41)17-24)37(47-23-43-6)15-12-26(34(37,4)18-30(32)45-22-42-5)19-40-20-29(38-39-40)25-8-10-27(44-7)11-9-25/h8-11,20,24,26,28,30-32,41H,12-19,21-23H2,1-7H3/t24-,26+,28?,30+,31+,32?,34+,35-,36+,37-/m0/s1. The summed E-state index contributed by atoms with van der Waals surface area (Å²) in [5, 5.41) is 21.9. The Kier molecular flexibility index (Phi) is 9.00. The average Bonchev–Trinajstić information content (AvgIpc) is 3.63. The van der Waals surface area contributed by atoms with Crippen LogP contribution in [-0.4, -0.2) is 90.8 Å². The molecular weight excluding hydrogens is 614 g/mol. The average molecular weight is 670 g/mol. The van der Waals surface area contributed by atoms with Gasteiger partial charge in [0.2, 0.25) is 0 Å². The van der Waals surface area contributed by atoms with Crippen LogP contribution in [0.4, 0.5) is 0 Å². The first-order chi connectivity index (χ1) is 22.9. The molecule has 11 nitrogen and oxygen atoms in total. The monoisotopic (exact) mass is 669 g/mol. The van der Waals surface area contributed by atoms with Crippen LogP contribution < -0.4 is 4.74 Å². The first-order valence-electron chi connectivity index (χ1n) is 17.8. The van der Waals surface area contributed by atoms with Gasteiger partial charge in [0.25, 0.3) is 0 Å². The van der Waals surface area contributed by atoms with Crippen LogP contribution in [0.15, 0.2) is 30.5 Å². The van der Waals surface area contributed by atoms with E-state index in [2.05, 4.69) is 24.2 Å².